The zero-order chi connectivity index (χ0) is 23.9. The first-order valence-electron chi connectivity index (χ1n) is 10.9. The number of carbonyl (C=O) groups excluding carboxylic acids is 1. The van der Waals surface area contributed by atoms with Crippen molar-refractivity contribution in [3.05, 3.63) is 77.6 Å². The number of alkyl halides is 3. The van der Waals surface area contributed by atoms with Gasteiger partial charge in [-0.25, -0.2) is 9.67 Å². The molecule has 1 N–H and O–H groups in total. The molecule has 1 aliphatic rings. The molecule has 0 bridgehead atoms. The summed E-state index contributed by atoms with van der Waals surface area (Å²) in [6.07, 6.45) is -2.89. The van der Waals surface area contributed by atoms with E-state index in [2.05, 4.69) is 15.4 Å². The van der Waals surface area contributed by atoms with Crippen molar-refractivity contribution < 1.29 is 18.0 Å². The monoisotopic (exact) mass is 482 g/mol. The Morgan fingerprint density at radius 1 is 1.12 bits per heavy atom. The van der Waals surface area contributed by atoms with Crippen LogP contribution in [0.15, 0.2) is 70.5 Å². The van der Waals surface area contributed by atoms with E-state index in [0.29, 0.717) is 11.4 Å². The van der Waals surface area contributed by atoms with Crippen LogP contribution in [0.3, 0.4) is 0 Å². The van der Waals surface area contributed by atoms with Crippen LogP contribution in [0, 0.1) is 6.92 Å². The van der Waals surface area contributed by atoms with Crippen molar-refractivity contribution >= 4 is 34.4 Å². The molecule has 0 saturated heterocycles. The Balaban J connectivity index is 1.43. The topological polar surface area (TPSA) is 59.8 Å². The standard InChI is InChI=1S/C25H21F3N4OS/c1-15-23-18(25(26,27)28)13-20(16-11-12-16)30-24(23)32(31-15)14-22(33)29-19-9-5-6-10-21(19)34-17-7-3-2-4-8-17/h2-10,13,16H,11-12,14H2,1H3,(H,29,33). The highest BCUT2D eigenvalue weighted by Gasteiger charge is 2.37. The largest absolute Gasteiger partial charge is 0.417 e. The molecular weight excluding hydrogens is 461 g/mol. The van der Waals surface area contributed by atoms with E-state index in [1.807, 2.05) is 48.5 Å². The van der Waals surface area contributed by atoms with Gasteiger partial charge in [-0.05, 0) is 50.1 Å². The van der Waals surface area contributed by atoms with Crippen molar-refractivity contribution in [3.63, 3.8) is 0 Å². The fourth-order valence-electron chi connectivity index (χ4n) is 3.90. The van der Waals surface area contributed by atoms with Crippen LogP contribution in [0.2, 0.25) is 0 Å². The van der Waals surface area contributed by atoms with Gasteiger partial charge >= 0.3 is 6.18 Å². The summed E-state index contributed by atoms with van der Waals surface area (Å²) in [5.74, 6) is -0.359. The van der Waals surface area contributed by atoms with Gasteiger partial charge in [0.2, 0.25) is 5.91 Å². The number of benzene rings is 2. The summed E-state index contributed by atoms with van der Waals surface area (Å²) in [6.45, 7) is 1.27. The molecule has 2 aromatic heterocycles. The molecule has 1 saturated carbocycles. The molecule has 5 nitrogen and oxygen atoms in total. The second-order valence-corrected chi connectivity index (χ2v) is 9.38. The molecule has 0 atom stereocenters. The van der Waals surface area contributed by atoms with Crippen molar-refractivity contribution in [2.75, 3.05) is 5.32 Å². The molecule has 5 rings (SSSR count). The van der Waals surface area contributed by atoms with Gasteiger partial charge in [0, 0.05) is 21.4 Å². The highest BCUT2D eigenvalue weighted by Crippen LogP contribution is 2.43. The summed E-state index contributed by atoms with van der Waals surface area (Å²) in [4.78, 5) is 19.3. The van der Waals surface area contributed by atoms with Gasteiger partial charge in [0.15, 0.2) is 5.65 Å². The molecular formula is C25H21F3N4OS. The number of aromatic nitrogens is 3. The van der Waals surface area contributed by atoms with Crippen molar-refractivity contribution in [1.82, 2.24) is 14.8 Å². The summed E-state index contributed by atoms with van der Waals surface area (Å²) in [7, 11) is 0. The Hall–Kier alpha value is -3.33. The number of rotatable bonds is 6. The third-order valence-corrected chi connectivity index (χ3v) is 6.71. The fraction of sp³-hybridized carbons (Fsp3) is 0.240. The average molecular weight is 483 g/mol. The van der Waals surface area contributed by atoms with Gasteiger partial charge in [0.25, 0.3) is 0 Å². The maximum atomic E-state index is 13.8. The van der Waals surface area contributed by atoms with Crippen molar-refractivity contribution in [2.45, 2.75) is 48.2 Å². The van der Waals surface area contributed by atoms with E-state index in [0.717, 1.165) is 28.7 Å². The van der Waals surface area contributed by atoms with Crippen LogP contribution in [0.5, 0.6) is 0 Å². The predicted molar refractivity (Wildman–Crippen MR) is 125 cm³/mol. The van der Waals surface area contributed by atoms with Crippen molar-refractivity contribution in [3.8, 4) is 0 Å². The minimum absolute atomic E-state index is 0.0323. The number of halogens is 3. The highest BCUT2D eigenvalue weighted by molar-refractivity contribution is 7.99. The molecule has 1 amide bonds. The second kappa shape index (κ2) is 8.79. The number of anilines is 1. The van der Waals surface area contributed by atoms with Crippen LogP contribution in [0.1, 0.15) is 35.7 Å². The number of pyridine rings is 1. The number of nitrogens with zero attached hydrogens (tertiary/aromatic N) is 3. The van der Waals surface area contributed by atoms with E-state index in [1.54, 1.807) is 6.07 Å². The zero-order valence-corrected chi connectivity index (χ0v) is 19.1. The minimum atomic E-state index is -4.53. The lowest BCUT2D eigenvalue weighted by Gasteiger charge is -2.12. The molecule has 174 valence electrons. The molecule has 0 aliphatic heterocycles. The quantitative estimate of drug-likeness (QED) is 0.344. The molecule has 0 unspecified atom stereocenters. The van der Waals surface area contributed by atoms with Crippen LogP contribution in [0.4, 0.5) is 18.9 Å². The highest BCUT2D eigenvalue weighted by atomic mass is 32.2. The van der Waals surface area contributed by atoms with Crippen LogP contribution >= 0.6 is 11.8 Å². The summed E-state index contributed by atoms with van der Waals surface area (Å²) in [5, 5.41) is 7.07. The Kier molecular flexibility index (Phi) is 5.81. The molecule has 9 heteroatoms. The third-order valence-electron chi connectivity index (χ3n) is 5.62. The van der Waals surface area contributed by atoms with Gasteiger partial charge in [0.1, 0.15) is 6.54 Å². The van der Waals surface area contributed by atoms with E-state index in [4.69, 9.17) is 0 Å². The Morgan fingerprint density at radius 2 is 1.82 bits per heavy atom. The van der Waals surface area contributed by atoms with Gasteiger partial charge in [-0.1, -0.05) is 42.1 Å². The van der Waals surface area contributed by atoms with Crippen LogP contribution in [-0.2, 0) is 17.5 Å². The van der Waals surface area contributed by atoms with Gasteiger partial charge in [0.05, 0.1) is 22.3 Å². The number of carbonyl (C=O) groups is 1. The second-order valence-electron chi connectivity index (χ2n) is 8.27. The SMILES string of the molecule is Cc1nn(CC(=O)Nc2ccccc2Sc2ccccc2)c2nc(C3CC3)cc(C(F)(F)F)c12. The Bertz CT molecular complexity index is 1360. The van der Waals surface area contributed by atoms with Crippen LogP contribution in [0.25, 0.3) is 11.0 Å². The van der Waals surface area contributed by atoms with E-state index in [1.165, 1.54) is 23.4 Å². The lowest BCUT2D eigenvalue weighted by atomic mass is 10.1. The molecule has 2 aromatic carbocycles. The average Bonchev–Trinajstić information content (AvgIpc) is 3.60. The molecule has 2 heterocycles. The summed E-state index contributed by atoms with van der Waals surface area (Å²) >= 11 is 1.51. The van der Waals surface area contributed by atoms with Crippen LogP contribution < -0.4 is 5.32 Å². The van der Waals surface area contributed by atoms with Crippen molar-refractivity contribution in [2.24, 2.45) is 0 Å². The summed E-state index contributed by atoms with van der Waals surface area (Å²) in [5.41, 5.74) is 0.581. The normalized spacial score (nSPS) is 13.9. The maximum Gasteiger partial charge on any atom is 0.417 e. The van der Waals surface area contributed by atoms with E-state index >= 15 is 0 Å². The smallest absolute Gasteiger partial charge is 0.323 e. The number of fused-ring (bicyclic) bond motifs is 1. The third kappa shape index (κ3) is 4.65. The van der Waals surface area contributed by atoms with Gasteiger partial charge in [-0.3, -0.25) is 4.79 Å². The minimum Gasteiger partial charge on any atom is -0.323 e. The van der Waals surface area contributed by atoms with E-state index in [-0.39, 0.29) is 29.2 Å². The summed E-state index contributed by atoms with van der Waals surface area (Å²) < 4.78 is 42.7. The zero-order valence-electron chi connectivity index (χ0n) is 18.3. The Morgan fingerprint density at radius 3 is 2.53 bits per heavy atom. The number of nitrogens with one attached hydrogen (secondary N) is 1. The summed E-state index contributed by atoms with van der Waals surface area (Å²) in [6, 6.07) is 18.3. The Labute approximate surface area is 198 Å². The van der Waals surface area contributed by atoms with Gasteiger partial charge in [-0.2, -0.15) is 18.3 Å². The first-order chi connectivity index (χ1) is 16.3. The lowest BCUT2D eigenvalue weighted by Crippen LogP contribution is -2.20. The first-order valence-corrected chi connectivity index (χ1v) is 11.7. The molecule has 34 heavy (non-hydrogen) atoms. The van der Waals surface area contributed by atoms with Gasteiger partial charge < -0.3 is 5.32 Å². The fourth-order valence-corrected chi connectivity index (χ4v) is 4.82. The van der Waals surface area contributed by atoms with E-state index < -0.39 is 17.6 Å². The number of para-hydroxylation sites is 1. The first kappa shape index (κ1) is 22.5. The lowest BCUT2D eigenvalue weighted by molar-refractivity contribution is -0.136. The van der Waals surface area contributed by atoms with Crippen LogP contribution in [-0.4, -0.2) is 20.7 Å². The predicted octanol–water partition coefficient (Wildman–Crippen LogP) is 6.43. The maximum absolute atomic E-state index is 13.8. The molecule has 1 aliphatic carbocycles. The number of aryl methyl sites for hydroxylation is 1. The van der Waals surface area contributed by atoms with Gasteiger partial charge in [-0.15, -0.1) is 0 Å². The van der Waals surface area contributed by atoms with Crippen molar-refractivity contribution in [1.29, 1.82) is 0 Å². The number of amides is 1. The van der Waals surface area contributed by atoms with E-state index in [9.17, 15) is 18.0 Å². The molecule has 1 fully saturated rings. The molecule has 4 aromatic rings. The molecule has 0 radical (unpaired) electrons. The molecule has 0 spiro atoms. The number of hydrogen-bond donors (Lipinski definition) is 1. The number of hydrogen-bond acceptors (Lipinski definition) is 4.